The number of pyridine rings is 1. The molecule has 0 bridgehead atoms. The number of hydrogen-bond donors (Lipinski definition) is 1. The molecule has 1 saturated heterocycles. The van der Waals surface area contributed by atoms with Gasteiger partial charge in [0.25, 0.3) is 0 Å². The molecule has 2 heteroatoms. The molecule has 0 saturated carbocycles. The third-order valence-electron chi connectivity index (χ3n) is 3.26. The van der Waals surface area contributed by atoms with Gasteiger partial charge in [0.15, 0.2) is 0 Å². The Bertz CT molecular complexity index is 468. The topological polar surface area (TPSA) is 24.9 Å². The lowest BCUT2D eigenvalue weighted by molar-refractivity contribution is 0.301. The van der Waals surface area contributed by atoms with E-state index in [-0.39, 0.29) is 0 Å². The van der Waals surface area contributed by atoms with Gasteiger partial charge in [0.05, 0.1) is 0 Å². The highest BCUT2D eigenvalue weighted by molar-refractivity contribution is 5.69. The number of aromatic nitrogens is 1. The highest BCUT2D eigenvalue weighted by Crippen LogP contribution is 2.36. The molecule has 74 valence electrons. The first kappa shape index (κ1) is 8.70. The van der Waals surface area contributed by atoms with Crippen molar-refractivity contribution in [3.05, 3.63) is 35.7 Å². The van der Waals surface area contributed by atoms with Gasteiger partial charge in [-0.25, -0.2) is 0 Å². The largest absolute Gasteiger partial charge is 0.310 e. The molecular formula is C13H12N2. The highest BCUT2D eigenvalue weighted by atomic mass is 15.0. The van der Waals surface area contributed by atoms with Crippen molar-refractivity contribution in [2.45, 2.75) is 12.5 Å². The summed E-state index contributed by atoms with van der Waals surface area (Å²) in [6.45, 7) is 1.15. The Morgan fingerprint density at radius 3 is 3.00 bits per heavy atom. The van der Waals surface area contributed by atoms with Crippen molar-refractivity contribution in [3.63, 3.8) is 0 Å². The predicted octanol–water partition coefficient (Wildman–Crippen LogP) is 1.44. The second-order valence-electron chi connectivity index (χ2n) is 4.20. The summed E-state index contributed by atoms with van der Waals surface area (Å²) in [4.78, 5) is 4.17. The van der Waals surface area contributed by atoms with Crippen LogP contribution in [-0.4, -0.2) is 17.6 Å². The molecule has 3 rings (SSSR count). The number of nitrogens with one attached hydrogen (secondary N) is 1. The first-order chi connectivity index (χ1) is 7.36. The minimum absolute atomic E-state index is 0.592. The number of hydrogen-bond acceptors (Lipinski definition) is 2. The third kappa shape index (κ3) is 1.36. The molecule has 1 aliphatic carbocycles. The van der Waals surface area contributed by atoms with Crippen molar-refractivity contribution in [2.75, 3.05) is 6.54 Å². The molecule has 2 unspecified atom stereocenters. The molecule has 2 heterocycles. The van der Waals surface area contributed by atoms with Crippen molar-refractivity contribution in [1.29, 1.82) is 0 Å². The van der Waals surface area contributed by atoms with E-state index >= 15 is 0 Å². The molecule has 1 N–H and O–H groups in total. The average molecular weight is 196 g/mol. The number of terminal acetylenes is 1. The minimum Gasteiger partial charge on any atom is -0.310 e. The lowest BCUT2D eigenvalue weighted by Crippen LogP contribution is -2.49. The van der Waals surface area contributed by atoms with Crippen LogP contribution in [0.5, 0.6) is 0 Å². The molecule has 1 aliphatic heterocycles. The van der Waals surface area contributed by atoms with Crippen molar-refractivity contribution in [1.82, 2.24) is 10.3 Å². The van der Waals surface area contributed by atoms with Gasteiger partial charge in [-0.2, -0.15) is 0 Å². The molecule has 1 fully saturated rings. The van der Waals surface area contributed by atoms with Gasteiger partial charge in [0.1, 0.15) is 0 Å². The Kier molecular flexibility index (Phi) is 1.87. The Balaban J connectivity index is 1.93. The lowest BCUT2D eigenvalue weighted by atomic mass is 9.93. The zero-order chi connectivity index (χ0) is 10.3. The van der Waals surface area contributed by atoms with Crippen LogP contribution in [-0.2, 0) is 0 Å². The number of nitrogens with zero attached hydrogens (tertiary/aromatic N) is 1. The first-order valence-electron chi connectivity index (χ1n) is 5.23. The molecule has 1 aromatic rings. The second kappa shape index (κ2) is 3.22. The van der Waals surface area contributed by atoms with Gasteiger partial charge in [0.2, 0.25) is 0 Å². The molecule has 2 nitrogen and oxygen atoms in total. The van der Waals surface area contributed by atoms with Crippen molar-refractivity contribution >= 4 is 5.57 Å². The number of allylic oxidation sites excluding steroid dienone is 1. The summed E-state index contributed by atoms with van der Waals surface area (Å²) in [5.74, 6) is 3.42. The van der Waals surface area contributed by atoms with Crippen LogP contribution in [0.2, 0.25) is 0 Å². The summed E-state index contributed by atoms with van der Waals surface area (Å²) in [5, 5.41) is 3.40. The van der Waals surface area contributed by atoms with Crippen LogP contribution in [0, 0.1) is 18.3 Å². The molecule has 0 aromatic carbocycles. The first-order valence-corrected chi connectivity index (χ1v) is 5.23. The van der Waals surface area contributed by atoms with Gasteiger partial charge in [-0.3, -0.25) is 4.98 Å². The van der Waals surface area contributed by atoms with Gasteiger partial charge in [0, 0.05) is 30.5 Å². The quantitative estimate of drug-likeness (QED) is 0.687. The Morgan fingerprint density at radius 2 is 2.40 bits per heavy atom. The maximum absolute atomic E-state index is 5.36. The van der Waals surface area contributed by atoms with Gasteiger partial charge in [-0.05, 0) is 29.5 Å². The fourth-order valence-electron chi connectivity index (χ4n) is 2.29. The molecule has 0 amide bonds. The molecular weight excluding hydrogens is 184 g/mol. The number of fused-ring (bicyclic) bond motifs is 1. The van der Waals surface area contributed by atoms with E-state index in [1.165, 1.54) is 11.1 Å². The van der Waals surface area contributed by atoms with Gasteiger partial charge in [-0.15, -0.1) is 6.42 Å². The van der Waals surface area contributed by atoms with Gasteiger partial charge < -0.3 is 5.32 Å². The van der Waals surface area contributed by atoms with Crippen LogP contribution in [0.15, 0.2) is 24.5 Å². The van der Waals surface area contributed by atoms with Crippen molar-refractivity contribution < 1.29 is 0 Å². The van der Waals surface area contributed by atoms with Crippen LogP contribution in [0.4, 0.5) is 0 Å². The van der Waals surface area contributed by atoms with Crippen molar-refractivity contribution in [2.24, 2.45) is 5.92 Å². The van der Waals surface area contributed by atoms with E-state index in [1.54, 1.807) is 6.20 Å². The summed E-state index contributed by atoms with van der Waals surface area (Å²) >= 11 is 0. The monoisotopic (exact) mass is 196 g/mol. The van der Waals surface area contributed by atoms with Crippen LogP contribution in [0.25, 0.3) is 5.57 Å². The Labute approximate surface area is 89.4 Å². The summed E-state index contributed by atoms with van der Waals surface area (Å²) in [7, 11) is 0. The predicted molar refractivity (Wildman–Crippen MR) is 60.0 cm³/mol. The molecule has 0 spiro atoms. The summed E-state index contributed by atoms with van der Waals surface area (Å²) < 4.78 is 0. The molecule has 1 aromatic heterocycles. The normalized spacial score (nSPS) is 27.5. The van der Waals surface area contributed by atoms with Gasteiger partial charge in [-0.1, -0.05) is 12.0 Å². The fraction of sp³-hybridized carbons (Fsp3) is 0.308. The molecule has 0 radical (unpaired) electrons. The van der Waals surface area contributed by atoms with E-state index in [2.05, 4.69) is 22.3 Å². The second-order valence-corrected chi connectivity index (χ2v) is 4.20. The zero-order valence-corrected chi connectivity index (χ0v) is 8.40. The Hall–Kier alpha value is -1.59. The fourth-order valence-corrected chi connectivity index (χ4v) is 2.29. The van der Waals surface area contributed by atoms with Crippen LogP contribution < -0.4 is 5.32 Å². The van der Waals surface area contributed by atoms with E-state index in [0.717, 1.165) is 24.4 Å². The van der Waals surface area contributed by atoms with Crippen LogP contribution >= 0.6 is 0 Å². The van der Waals surface area contributed by atoms with E-state index in [4.69, 9.17) is 6.42 Å². The van der Waals surface area contributed by atoms with Crippen LogP contribution in [0.3, 0.4) is 0 Å². The maximum atomic E-state index is 5.36. The minimum atomic E-state index is 0.592. The third-order valence-corrected chi connectivity index (χ3v) is 3.26. The van der Waals surface area contributed by atoms with Crippen LogP contribution in [0.1, 0.15) is 17.5 Å². The lowest BCUT2D eigenvalue weighted by Gasteiger charge is -2.31. The highest BCUT2D eigenvalue weighted by Gasteiger charge is 2.34. The van der Waals surface area contributed by atoms with E-state index in [0.29, 0.717) is 6.04 Å². The average Bonchev–Trinajstić information content (AvgIpc) is 2.55. The smallest absolute Gasteiger partial charge is 0.0432 e. The van der Waals surface area contributed by atoms with Gasteiger partial charge >= 0.3 is 0 Å². The maximum Gasteiger partial charge on any atom is 0.0432 e. The molecule has 15 heavy (non-hydrogen) atoms. The summed E-state index contributed by atoms with van der Waals surface area (Å²) in [6.07, 6.45) is 12.5. The molecule has 2 atom stereocenters. The zero-order valence-electron chi connectivity index (χ0n) is 8.40. The SMILES string of the molecule is C#Cc1cncc(C2=CC3NCC3C2)c1. The standard InChI is InChI=1S/C13H12N2/c1-2-9-3-11(7-14-6-9)10-4-12-8-15-13(12)5-10/h1,3,5-7,12-13,15H,4,8H2. The van der Waals surface area contributed by atoms with E-state index < -0.39 is 0 Å². The summed E-state index contributed by atoms with van der Waals surface area (Å²) in [6, 6.07) is 2.64. The Morgan fingerprint density at radius 1 is 1.47 bits per heavy atom. The summed E-state index contributed by atoms with van der Waals surface area (Å²) in [5.41, 5.74) is 3.43. The van der Waals surface area contributed by atoms with E-state index in [9.17, 15) is 0 Å². The molecule has 2 aliphatic rings. The number of rotatable bonds is 1. The van der Waals surface area contributed by atoms with E-state index in [1.807, 2.05) is 12.3 Å². The van der Waals surface area contributed by atoms with Crippen molar-refractivity contribution in [3.8, 4) is 12.3 Å².